The van der Waals surface area contributed by atoms with Crippen LogP contribution >= 0.6 is 11.6 Å². The molecule has 90 valence electrons. The summed E-state index contributed by atoms with van der Waals surface area (Å²) in [4.78, 5) is 0. The molecule has 0 fully saturated rings. The Labute approximate surface area is 101 Å². The summed E-state index contributed by atoms with van der Waals surface area (Å²) in [6.07, 6.45) is 11.1. The molecule has 0 aliphatic rings. The third-order valence-electron chi connectivity index (χ3n) is 2.80. The van der Waals surface area contributed by atoms with Crippen molar-refractivity contribution >= 4 is 11.6 Å². The molecular formula is C14H27Cl. The standard InChI is InChI=1S/C14H27Cl/c1-4-7-10-13(11-8-5-2)14(15)12-9-6-3/h4-12H2,1-3H3. The molecule has 0 bridgehead atoms. The number of hydrogen-bond acceptors (Lipinski definition) is 0. The van der Waals surface area contributed by atoms with Crippen LogP contribution in [0.5, 0.6) is 0 Å². The van der Waals surface area contributed by atoms with E-state index in [0.717, 1.165) is 6.42 Å². The summed E-state index contributed by atoms with van der Waals surface area (Å²) in [5.41, 5.74) is 1.54. The highest BCUT2D eigenvalue weighted by atomic mass is 35.5. The number of halogens is 1. The molecule has 0 saturated carbocycles. The van der Waals surface area contributed by atoms with Gasteiger partial charge in [-0.25, -0.2) is 0 Å². The minimum Gasteiger partial charge on any atom is -0.0892 e. The first-order valence-electron chi connectivity index (χ1n) is 6.62. The quantitative estimate of drug-likeness (QED) is 0.452. The van der Waals surface area contributed by atoms with Crippen molar-refractivity contribution in [3.8, 4) is 0 Å². The molecule has 0 radical (unpaired) electrons. The van der Waals surface area contributed by atoms with E-state index in [0.29, 0.717) is 0 Å². The lowest BCUT2D eigenvalue weighted by Crippen LogP contribution is -1.90. The van der Waals surface area contributed by atoms with E-state index in [-0.39, 0.29) is 0 Å². The van der Waals surface area contributed by atoms with Crippen LogP contribution in [0.15, 0.2) is 10.6 Å². The van der Waals surface area contributed by atoms with E-state index in [2.05, 4.69) is 20.8 Å². The average molecular weight is 231 g/mol. The summed E-state index contributed by atoms with van der Waals surface area (Å²) in [6.45, 7) is 6.72. The summed E-state index contributed by atoms with van der Waals surface area (Å²) in [5.74, 6) is 0. The minimum atomic E-state index is 1.10. The zero-order valence-corrected chi connectivity index (χ0v) is 11.5. The summed E-state index contributed by atoms with van der Waals surface area (Å²) in [7, 11) is 0. The van der Waals surface area contributed by atoms with Crippen LogP contribution in [0.2, 0.25) is 0 Å². The predicted molar refractivity (Wildman–Crippen MR) is 71.5 cm³/mol. The summed E-state index contributed by atoms with van der Waals surface area (Å²) in [6, 6.07) is 0. The van der Waals surface area contributed by atoms with Crippen LogP contribution < -0.4 is 0 Å². The molecule has 0 amide bonds. The van der Waals surface area contributed by atoms with Crippen LogP contribution in [-0.4, -0.2) is 0 Å². The zero-order chi connectivity index (χ0) is 11.5. The van der Waals surface area contributed by atoms with Crippen LogP contribution in [-0.2, 0) is 0 Å². The number of unbranched alkanes of at least 4 members (excludes halogenated alkanes) is 3. The number of allylic oxidation sites excluding steroid dienone is 2. The van der Waals surface area contributed by atoms with Crippen molar-refractivity contribution in [1.82, 2.24) is 0 Å². The van der Waals surface area contributed by atoms with E-state index < -0.39 is 0 Å². The van der Waals surface area contributed by atoms with Gasteiger partial charge >= 0.3 is 0 Å². The van der Waals surface area contributed by atoms with Gasteiger partial charge < -0.3 is 0 Å². The van der Waals surface area contributed by atoms with E-state index in [9.17, 15) is 0 Å². The fraction of sp³-hybridized carbons (Fsp3) is 0.857. The van der Waals surface area contributed by atoms with Gasteiger partial charge in [0.15, 0.2) is 0 Å². The molecule has 0 nitrogen and oxygen atoms in total. The number of hydrogen-bond donors (Lipinski definition) is 0. The molecule has 0 spiro atoms. The third kappa shape index (κ3) is 7.90. The van der Waals surface area contributed by atoms with Crippen LogP contribution in [0, 0.1) is 0 Å². The van der Waals surface area contributed by atoms with E-state index >= 15 is 0 Å². The Bertz CT molecular complexity index is 160. The second-order valence-electron chi connectivity index (χ2n) is 4.32. The van der Waals surface area contributed by atoms with Crippen molar-refractivity contribution in [2.45, 2.75) is 78.6 Å². The van der Waals surface area contributed by atoms with Gasteiger partial charge in [0, 0.05) is 5.03 Å². The van der Waals surface area contributed by atoms with Gasteiger partial charge in [0.2, 0.25) is 0 Å². The molecule has 0 aromatic carbocycles. The molecule has 0 unspecified atom stereocenters. The van der Waals surface area contributed by atoms with Gasteiger partial charge in [-0.05, 0) is 38.5 Å². The van der Waals surface area contributed by atoms with E-state index in [1.165, 1.54) is 62.0 Å². The van der Waals surface area contributed by atoms with Crippen molar-refractivity contribution in [2.75, 3.05) is 0 Å². The van der Waals surface area contributed by atoms with Gasteiger partial charge in [-0.1, -0.05) is 57.2 Å². The smallest absolute Gasteiger partial charge is 0.0173 e. The molecule has 0 aliphatic heterocycles. The molecule has 0 rings (SSSR count). The maximum Gasteiger partial charge on any atom is 0.0173 e. The van der Waals surface area contributed by atoms with Gasteiger partial charge in [0.25, 0.3) is 0 Å². The van der Waals surface area contributed by atoms with Gasteiger partial charge in [-0.2, -0.15) is 0 Å². The van der Waals surface area contributed by atoms with Gasteiger partial charge in [-0.15, -0.1) is 0 Å². The first-order chi connectivity index (χ1) is 7.26. The van der Waals surface area contributed by atoms with Crippen LogP contribution in [0.3, 0.4) is 0 Å². The highest BCUT2D eigenvalue weighted by Crippen LogP contribution is 2.25. The van der Waals surface area contributed by atoms with Gasteiger partial charge in [-0.3, -0.25) is 0 Å². The lowest BCUT2D eigenvalue weighted by Gasteiger charge is -2.10. The molecule has 0 aromatic heterocycles. The summed E-state index contributed by atoms with van der Waals surface area (Å²) >= 11 is 6.38. The lowest BCUT2D eigenvalue weighted by molar-refractivity contribution is 0.698. The van der Waals surface area contributed by atoms with Crippen molar-refractivity contribution in [2.24, 2.45) is 0 Å². The molecule has 0 atom stereocenters. The third-order valence-corrected chi connectivity index (χ3v) is 3.25. The van der Waals surface area contributed by atoms with Crippen molar-refractivity contribution < 1.29 is 0 Å². The molecule has 0 N–H and O–H groups in total. The maximum absolute atomic E-state index is 6.38. The Morgan fingerprint density at radius 2 is 1.13 bits per heavy atom. The van der Waals surface area contributed by atoms with Crippen LogP contribution in [0.4, 0.5) is 0 Å². The molecular weight excluding hydrogens is 204 g/mol. The van der Waals surface area contributed by atoms with Crippen molar-refractivity contribution in [3.63, 3.8) is 0 Å². The Kier molecular flexibility index (Phi) is 10.6. The first-order valence-corrected chi connectivity index (χ1v) is 7.00. The summed E-state index contributed by atoms with van der Waals surface area (Å²) in [5, 5.41) is 1.17. The minimum absolute atomic E-state index is 1.10. The number of rotatable bonds is 9. The average Bonchev–Trinajstić information content (AvgIpc) is 2.26. The zero-order valence-electron chi connectivity index (χ0n) is 10.7. The van der Waals surface area contributed by atoms with E-state index in [4.69, 9.17) is 11.6 Å². The Morgan fingerprint density at radius 3 is 1.53 bits per heavy atom. The Balaban J connectivity index is 4.14. The molecule has 1 heteroatoms. The van der Waals surface area contributed by atoms with Crippen molar-refractivity contribution in [1.29, 1.82) is 0 Å². The first kappa shape index (κ1) is 15.0. The highest BCUT2D eigenvalue weighted by molar-refractivity contribution is 6.29. The normalized spacial score (nSPS) is 10.4. The SMILES string of the molecule is CCCCC(Cl)=C(CCCC)CCCC. The molecule has 0 heterocycles. The van der Waals surface area contributed by atoms with Crippen molar-refractivity contribution in [3.05, 3.63) is 10.6 Å². The Morgan fingerprint density at radius 1 is 0.733 bits per heavy atom. The second kappa shape index (κ2) is 10.5. The maximum atomic E-state index is 6.38. The molecule has 0 saturated heterocycles. The Hall–Kier alpha value is 0.0300. The van der Waals surface area contributed by atoms with Crippen LogP contribution in [0.25, 0.3) is 0 Å². The fourth-order valence-corrected chi connectivity index (χ4v) is 2.01. The summed E-state index contributed by atoms with van der Waals surface area (Å²) < 4.78 is 0. The highest BCUT2D eigenvalue weighted by Gasteiger charge is 2.04. The molecule has 0 aromatic rings. The van der Waals surface area contributed by atoms with Gasteiger partial charge in [0.1, 0.15) is 0 Å². The molecule has 15 heavy (non-hydrogen) atoms. The van der Waals surface area contributed by atoms with Crippen LogP contribution in [0.1, 0.15) is 78.6 Å². The topological polar surface area (TPSA) is 0 Å². The lowest BCUT2D eigenvalue weighted by atomic mass is 10.0. The largest absolute Gasteiger partial charge is 0.0892 e. The fourth-order valence-electron chi connectivity index (χ4n) is 1.69. The van der Waals surface area contributed by atoms with E-state index in [1.807, 2.05) is 0 Å². The second-order valence-corrected chi connectivity index (χ2v) is 4.78. The predicted octanol–water partition coefficient (Wildman–Crippen LogP) is 6.05. The molecule has 0 aliphatic carbocycles. The van der Waals surface area contributed by atoms with E-state index in [1.54, 1.807) is 0 Å². The van der Waals surface area contributed by atoms with Gasteiger partial charge in [0.05, 0.1) is 0 Å². The monoisotopic (exact) mass is 230 g/mol.